The molecule has 0 aromatic heterocycles. The van der Waals surface area contributed by atoms with E-state index >= 15 is 0 Å². The molecule has 1 atom stereocenters. The molecule has 0 saturated carbocycles. The van der Waals surface area contributed by atoms with E-state index in [0.717, 1.165) is 24.6 Å². The second kappa shape index (κ2) is 4.90. The highest BCUT2D eigenvalue weighted by Gasteiger charge is 2.32. The number of carboxylic acid groups (broad SMARTS) is 1. The first-order valence-electron chi connectivity index (χ1n) is 5.85. The molecule has 1 aliphatic heterocycles. The van der Waals surface area contributed by atoms with Gasteiger partial charge < -0.3 is 5.11 Å². The predicted octanol–water partition coefficient (Wildman–Crippen LogP) is 1.55. The molecule has 0 aliphatic carbocycles. The first kappa shape index (κ1) is 14.0. The van der Waals surface area contributed by atoms with Crippen LogP contribution in [0.15, 0.2) is 23.1 Å². The lowest BCUT2D eigenvalue weighted by Crippen LogP contribution is -2.29. The summed E-state index contributed by atoms with van der Waals surface area (Å²) in [7, 11) is -3.88. The van der Waals surface area contributed by atoms with E-state index in [-0.39, 0.29) is 11.5 Å². The van der Waals surface area contributed by atoms with Crippen LogP contribution in [0, 0.1) is 11.7 Å². The van der Waals surface area contributed by atoms with Crippen LogP contribution in [0.5, 0.6) is 0 Å². The monoisotopic (exact) mass is 287 g/mol. The van der Waals surface area contributed by atoms with Gasteiger partial charge in [0.2, 0.25) is 10.0 Å². The normalized spacial score (nSPS) is 20.6. The summed E-state index contributed by atoms with van der Waals surface area (Å²) in [5, 5.41) is 8.72. The fraction of sp³-hybridized carbons (Fsp3) is 0.417. The molecule has 1 saturated heterocycles. The molecule has 1 aromatic rings. The predicted molar refractivity (Wildman–Crippen MR) is 65.9 cm³/mol. The maximum atomic E-state index is 13.8. The molecular weight excluding hydrogens is 273 g/mol. The van der Waals surface area contributed by atoms with Crippen LogP contribution >= 0.6 is 0 Å². The summed E-state index contributed by atoms with van der Waals surface area (Å²) in [5.74, 6) is -2.08. The molecule has 1 unspecified atom stereocenters. The van der Waals surface area contributed by atoms with Gasteiger partial charge in [-0.05, 0) is 30.5 Å². The molecule has 7 heteroatoms. The Morgan fingerprint density at radius 2 is 2.16 bits per heavy atom. The lowest BCUT2D eigenvalue weighted by atomic mass is 10.2. The van der Waals surface area contributed by atoms with Crippen molar-refractivity contribution in [2.24, 2.45) is 5.92 Å². The molecule has 1 aliphatic rings. The minimum atomic E-state index is -3.88. The van der Waals surface area contributed by atoms with Crippen LogP contribution in [0.1, 0.15) is 23.7 Å². The quantitative estimate of drug-likeness (QED) is 0.915. The first-order valence-corrected chi connectivity index (χ1v) is 7.29. The Morgan fingerprint density at radius 3 is 2.63 bits per heavy atom. The Labute approximate surface area is 110 Å². The summed E-state index contributed by atoms with van der Waals surface area (Å²) in [4.78, 5) is 10.2. The molecule has 1 aromatic carbocycles. The number of nitrogens with zero attached hydrogens (tertiary/aromatic N) is 1. The highest BCUT2D eigenvalue weighted by Crippen LogP contribution is 2.26. The maximum absolute atomic E-state index is 13.8. The highest BCUT2D eigenvalue weighted by atomic mass is 32.2. The third-order valence-electron chi connectivity index (χ3n) is 3.18. The molecular formula is C12H14FNO4S. The van der Waals surface area contributed by atoms with Gasteiger partial charge in [-0.15, -0.1) is 0 Å². The van der Waals surface area contributed by atoms with Crippen LogP contribution in [0.4, 0.5) is 4.39 Å². The minimum absolute atomic E-state index is 0.246. The highest BCUT2D eigenvalue weighted by molar-refractivity contribution is 7.89. The average molecular weight is 287 g/mol. The second-order valence-corrected chi connectivity index (χ2v) is 6.61. The molecule has 0 amide bonds. The summed E-state index contributed by atoms with van der Waals surface area (Å²) in [6.45, 7) is 2.66. The van der Waals surface area contributed by atoms with E-state index in [1.807, 2.05) is 6.92 Å². The van der Waals surface area contributed by atoms with Gasteiger partial charge in [0.25, 0.3) is 0 Å². The van der Waals surface area contributed by atoms with Gasteiger partial charge in [-0.25, -0.2) is 17.6 Å². The van der Waals surface area contributed by atoms with Crippen molar-refractivity contribution in [3.05, 3.63) is 29.6 Å². The molecule has 1 heterocycles. The van der Waals surface area contributed by atoms with Crippen LogP contribution in [0.2, 0.25) is 0 Å². The van der Waals surface area contributed by atoms with Crippen molar-refractivity contribution < 1.29 is 22.7 Å². The van der Waals surface area contributed by atoms with Gasteiger partial charge in [-0.2, -0.15) is 4.31 Å². The zero-order chi connectivity index (χ0) is 14.2. The van der Waals surface area contributed by atoms with E-state index < -0.39 is 26.7 Å². The van der Waals surface area contributed by atoms with Crippen LogP contribution in [0.25, 0.3) is 0 Å². The lowest BCUT2D eigenvalue weighted by Gasteiger charge is -2.16. The molecule has 0 radical (unpaired) electrons. The van der Waals surface area contributed by atoms with Crippen LogP contribution in [-0.4, -0.2) is 36.9 Å². The Kier molecular flexibility index (Phi) is 3.60. The standard InChI is InChI=1S/C12H14FNO4S/c1-8-4-5-14(7-8)19(17,18)11-3-2-9(12(15)16)6-10(11)13/h2-3,6,8H,4-5,7H2,1H3,(H,15,16). The number of benzene rings is 1. The summed E-state index contributed by atoms with van der Waals surface area (Å²) >= 11 is 0. The number of rotatable bonds is 3. The largest absolute Gasteiger partial charge is 0.478 e. The maximum Gasteiger partial charge on any atom is 0.335 e. The third kappa shape index (κ3) is 2.62. The van der Waals surface area contributed by atoms with Crippen molar-refractivity contribution in [2.45, 2.75) is 18.2 Å². The second-order valence-electron chi connectivity index (χ2n) is 4.71. The van der Waals surface area contributed by atoms with E-state index in [9.17, 15) is 17.6 Å². The van der Waals surface area contributed by atoms with Gasteiger partial charge in [0.15, 0.2) is 0 Å². The topological polar surface area (TPSA) is 74.7 Å². The molecule has 5 nitrogen and oxygen atoms in total. The van der Waals surface area contributed by atoms with Crippen molar-refractivity contribution in [1.82, 2.24) is 4.31 Å². The Balaban J connectivity index is 2.38. The molecule has 19 heavy (non-hydrogen) atoms. The Hall–Kier alpha value is -1.47. The minimum Gasteiger partial charge on any atom is -0.478 e. The van der Waals surface area contributed by atoms with Gasteiger partial charge >= 0.3 is 5.97 Å². The van der Waals surface area contributed by atoms with Crippen molar-refractivity contribution in [3.63, 3.8) is 0 Å². The molecule has 1 fully saturated rings. The van der Waals surface area contributed by atoms with Crippen molar-refractivity contribution >= 4 is 16.0 Å². The van der Waals surface area contributed by atoms with Crippen LogP contribution in [0.3, 0.4) is 0 Å². The number of hydrogen-bond acceptors (Lipinski definition) is 3. The average Bonchev–Trinajstić information content (AvgIpc) is 2.76. The fourth-order valence-corrected chi connectivity index (χ4v) is 3.72. The zero-order valence-corrected chi connectivity index (χ0v) is 11.2. The van der Waals surface area contributed by atoms with Crippen molar-refractivity contribution in [1.29, 1.82) is 0 Å². The van der Waals surface area contributed by atoms with Crippen molar-refractivity contribution in [3.8, 4) is 0 Å². The van der Waals surface area contributed by atoms with E-state index in [1.165, 1.54) is 4.31 Å². The van der Waals surface area contributed by atoms with Crippen molar-refractivity contribution in [2.75, 3.05) is 13.1 Å². The summed E-state index contributed by atoms with van der Waals surface area (Å²) in [6, 6.07) is 2.84. The summed E-state index contributed by atoms with van der Waals surface area (Å²) in [5.41, 5.74) is -0.272. The van der Waals surface area contributed by atoms with Gasteiger partial charge in [0.1, 0.15) is 10.7 Å². The van der Waals surface area contributed by atoms with Gasteiger partial charge in [-0.3, -0.25) is 0 Å². The molecule has 0 spiro atoms. The third-order valence-corrected chi connectivity index (χ3v) is 5.08. The van der Waals surface area contributed by atoms with E-state index in [4.69, 9.17) is 5.11 Å². The van der Waals surface area contributed by atoms with Crippen LogP contribution < -0.4 is 0 Å². The Bertz CT molecular complexity index is 614. The molecule has 2 rings (SSSR count). The van der Waals surface area contributed by atoms with E-state index in [2.05, 4.69) is 0 Å². The van der Waals surface area contributed by atoms with E-state index in [1.54, 1.807) is 0 Å². The van der Waals surface area contributed by atoms with Gasteiger partial charge in [0.05, 0.1) is 5.56 Å². The fourth-order valence-electron chi connectivity index (χ4n) is 2.10. The number of carboxylic acids is 1. The number of halogens is 1. The molecule has 104 valence electrons. The summed E-state index contributed by atoms with van der Waals surface area (Å²) < 4.78 is 39.5. The smallest absolute Gasteiger partial charge is 0.335 e. The number of aromatic carboxylic acids is 1. The number of carbonyl (C=O) groups is 1. The molecule has 0 bridgehead atoms. The summed E-state index contributed by atoms with van der Waals surface area (Å²) in [6.07, 6.45) is 0.744. The number of hydrogen-bond donors (Lipinski definition) is 1. The number of sulfonamides is 1. The van der Waals surface area contributed by atoms with Gasteiger partial charge in [0, 0.05) is 13.1 Å². The van der Waals surface area contributed by atoms with Gasteiger partial charge in [-0.1, -0.05) is 6.92 Å². The lowest BCUT2D eigenvalue weighted by molar-refractivity contribution is 0.0696. The first-order chi connectivity index (χ1) is 8.82. The molecule has 1 N–H and O–H groups in total. The van der Waals surface area contributed by atoms with Crippen LogP contribution in [-0.2, 0) is 10.0 Å². The van der Waals surface area contributed by atoms with E-state index in [0.29, 0.717) is 13.1 Å². The zero-order valence-electron chi connectivity index (χ0n) is 10.3. The Morgan fingerprint density at radius 1 is 1.47 bits per heavy atom. The SMILES string of the molecule is CC1CCN(S(=O)(=O)c2ccc(C(=O)O)cc2F)C1.